The number of hydrogen-bond donors (Lipinski definition) is 0. The molecule has 0 aromatic heterocycles. The van der Waals surface area contributed by atoms with Crippen molar-refractivity contribution < 1.29 is 13.6 Å². The van der Waals surface area contributed by atoms with Gasteiger partial charge in [-0.25, -0.2) is 0 Å². The zero-order valence-corrected chi connectivity index (χ0v) is 8.27. The van der Waals surface area contributed by atoms with Gasteiger partial charge in [-0.05, 0) is 20.3 Å². The van der Waals surface area contributed by atoms with E-state index < -0.39 is 7.60 Å². The summed E-state index contributed by atoms with van der Waals surface area (Å²) in [5, 5.41) is 0. The molecule has 4 heteroatoms. The summed E-state index contributed by atoms with van der Waals surface area (Å²) in [5.41, 5.74) is 0. The van der Waals surface area contributed by atoms with Gasteiger partial charge in [0.2, 0.25) is 0 Å². The third-order valence-electron chi connectivity index (χ3n) is 1.02. The van der Waals surface area contributed by atoms with Gasteiger partial charge in [-0.2, -0.15) is 0 Å². The molecular weight excluding hydrogens is 163 g/mol. The van der Waals surface area contributed by atoms with E-state index in [0.29, 0.717) is 19.6 Å². The topological polar surface area (TPSA) is 35.5 Å². The van der Waals surface area contributed by atoms with Crippen LogP contribution in [0.3, 0.4) is 0 Å². The van der Waals surface area contributed by atoms with Gasteiger partial charge in [0, 0.05) is 0 Å². The van der Waals surface area contributed by atoms with Crippen LogP contribution in [-0.4, -0.2) is 13.2 Å². The second-order valence-electron chi connectivity index (χ2n) is 1.97. The summed E-state index contributed by atoms with van der Waals surface area (Å²) < 4.78 is 21.5. The maximum absolute atomic E-state index is 11.5. The number of rotatable bonds is 6. The Balaban J connectivity index is 3.91. The van der Waals surface area contributed by atoms with Crippen molar-refractivity contribution in [2.24, 2.45) is 0 Å². The highest BCUT2D eigenvalue weighted by molar-refractivity contribution is 7.56. The first-order chi connectivity index (χ1) is 5.18. The van der Waals surface area contributed by atoms with Gasteiger partial charge >= 0.3 is 7.60 Å². The van der Waals surface area contributed by atoms with Crippen LogP contribution in [0.4, 0.5) is 0 Å². The summed E-state index contributed by atoms with van der Waals surface area (Å²) in [5.74, 6) is 0. The molecule has 0 unspecified atom stereocenters. The summed E-state index contributed by atoms with van der Waals surface area (Å²) in [4.78, 5) is 0. The van der Waals surface area contributed by atoms with Gasteiger partial charge in [-0.15, -0.1) is 0 Å². The molecular formula is C7H16O3P. The lowest BCUT2D eigenvalue weighted by atomic mass is 10.6. The molecule has 0 spiro atoms. The third kappa shape index (κ3) is 4.57. The molecule has 0 fully saturated rings. The summed E-state index contributed by atoms with van der Waals surface area (Å²) >= 11 is 0. The van der Waals surface area contributed by atoms with E-state index in [0.717, 1.165) is 0 Å². The van der Waals surface area contributed by atoms with Gasteiger partial charge < -0.3 is 9.05 Å². The minimum atomic E-state index is -2.84. The maximum atomic E-state index is 11.5. The lowest BCUT2D eigenvalue weighted by molar-refractivity contribution is 0.225. The van der Waals surface area contributed by atoms with Crippen LogP contribution in [0, 0.1) is 6.16 Å². The van der Waals surface area contributed by atoms with Crippen molar-refractivity contribution in [2.45, 2.75) is 27.2 Å². The Hall–Kier alpha value is 0.150. The minimum Gasteiger partial charge on any atom is -0.309 e. The Morgan fingerprint density at radius 1 is 1.18 bits per heavy atom. The van der Waals surface area contributed by atoms with Gasteiger partial charge in [-0.3, -0.25) is 4.57 Å². The highest BCUT2D eigenvalue weighted by atomic mass is 31.2. The Labute approximate surface area is 68.6 Å². The van der Waals surface area contributed by atoms with Crippen molar-refractivity contribution in [3.05, 3.63) is 6.16 Å². The lowest BCUT2D eigenvalue weighted by Gasteiger charge is -2.14. The molecule has 67 valence electrons. The summed E-state index contributed by atoms with van der Waals surface area (Å²) in [6.45, 7) is 6.36. The molecule has 1 radical (unpaired) electrons. The summed E-state index contributed by atoms with van der Waals surface area (Å²) in [6, 6.07) is 0. The van der Waals surface area contributed by atoms with E-state index in [9.17, 15) is 4.57 Å². The monoisotopic (exact) mass is 179 g/mol. The van der Waals surface area contributed by atoms with Crippen LogP contribution < -0.4 is 0 Å². The molecule has 0 atom stereocenters. The molecule has 11 heavy (non-hydrogen) atoms. The molecule has 0 heterocycles. The van der Waals surface area contributed by atoms with E-state index in [1.807, 2.05) is 6.92 Å². The minimum absolute atomic E-state index is 0.424. The van der Waals surface area contributed by atoms with E-state index in [2.05, 4.69) is 0 Å². The average molecular weight is 179 g/mol. The molecule has 0 aliphatic rings. The Morgan fingerprint density at radius 2 is 1.64 bits per heavy atom. The van der Waals surface area contributed by atoms with Crippen LogP contribution >= 0.6 is 7.60 Å². The van der Waals surface area contributed by atoms with Crippen molar-refractivity contribution in [3.63, 3.8) is 0 Å². The van der Waals surface area contributed by atoms with Gasteiger partial charge in [0.25, 0.3) is 0 Å². The molecule has 0 saturated heterocycles. The molecule has 0 aliphatic carbocycles. The largest absolute Gasteiger partial charge is 0.334 e. The Morgan fingerprint density at radius 3 is 1.91 bits per heavy atom. The molecule has 0 aromatic carbocycles. The first-order valence-electron chi connectivity index (χ1n) is 3.91. The quantitative estimate of drug-likeness (QED) is 0.588. The molecule has 0 aromatic rings. The first kappa shape index (κ1) is 11.2. The van der Waals surface area contributed by atoms with Crippen molar-refractivity contribution in [2.75, 3.05) is 13.2 Å². The smallest absolute Gasteiger partial charge is 0.309 e. The van der Waals surface area contributed by atoms with Crippen molar-refractivity contribution >= 4 is 7.60 Å². The van der Waals surface area contributed by atoms with Crippen LogP contribution in [0.25, 0.3) is 0 Å². The van der Waals surface area contributed by atoms with Gasteiger partial charge in [0.15, 0.2) is 0 Å². The normalized spacial score (nSPS) is 11.9. The fourth-order valence-corrected chi connectivity index (χ4v) is 2.18. The summed E-state index contributed by atoms with van der Waals surface area (Å²) in [7, 11) is -2.84. The van der Waals surface area contributed by atoms with E-state index in [-0.39, 0.29) is 0 Å². The van der Waals surface area contributed by atoms with Crippen LogP contribution in [0.2, 0.25) is 0 Å². The standard InChI is InChI=1S/C7H16O3P/c1-4-7-11(8,9-5-2)10-6-3/h7H,4-6H2,1-3H3. The SMILES string of the molecule is CC[CH]P(=O)(OCC)OCC. The van der Waals surface area contributed by atoms with Crippen LogP contribution in [0.15, 0.2) is 0 Å². The Kier molecular flexibility index (Phi) is 5.83. The molecule has 0 saturated carbocycles. The average Bonchev–Trinajstić information content (AvgIpc) is 1.88. The molecule has 0 aliphatic heterocycles. The molecule has 0 N–H and O–H groups in total. The highest BCUT2D eigenvalue weighted by Gasteiger charge is 2.21. The maximum Gasteiger partial charge on any atom is 0.334 e. The second kappa shape index (κ2) is 5.76. The van der Waals surface area contributed by atoms with E-state index in [4.69, 9.17) is 9.05 Å². The van der Waals surface area contributed by atoms with Crippen LogP contribution in [0.1, 0.15) is 27.2 Å². The molecule has 0 amide bonds. The lowest BCUT2D eigenvalue weighted by Crippen LogP contribution is -1.95. The number of hydrogen-bond acceptors (Lipinski definition) is 3. The zero-order chi connectivity index (χ0) is 8.74. The fourth-order valence-electron chi connectivity index (χ4n) is 0.726. The molecule has 0 bridgehead atoms. The van der Waals surface area contributed by atoms with E-state index >= 15 is 0 Å². The highest BCUT2D eigenvalue weighted by Crippen LogP contribution is 2.51. The zero-order valence-electron chi connectivity index (χ0n) is 7.37. The van der Waals surface area contributed by atoms with Gasteiger partial charge in [-0.1, -0.05) is 6.92 Å². The molecule has 3 nitrogen and oxygen atoms in total. The second-order valence-corrected chi connectivity index (χ2v) is 3.93. The fraction of sp³-hybridized carbons (Fsp3) is 0.857. The van der Waals surface area contributed by atoms with Crippen LogP contribution in [0.5, 0.6) is 0 Å². The Bertz CT molecular complexity index is 112. The first-order valence-corrected chi connectivity index (χ1v) is 5.52. The molecule has 0 rings (SSSR count). The third-order valence-corrected chi connectivity index (χ3v) is 3.07. The van der Waals surface area contributed by atoms with Crippen LogP contribution in [-0.2, 0) is 13.6 Å². The predicted molar refractivity (Wildman–Crippen MR) is 45.4 cm³/mol. The summed E-state index contributed by atoms with van der Waals surface area (Å²) in [6.07, 6.45) is 2.30. The predicted octanol–water partition coefficient (Wildman–Crippen LogP) is 2.82. The van der Waals surface area contributed by atoms with Crippen molar-refractivity contribution in [3.8, 4) is 0 Å². The van der Waals surface area contributed by atoms with E-state index in [1.165, 1.54) is 0 Å². The van der Waals surface area contributed by atoms with Crippen molar-refractivity contribution in [1.82, 2.24) is 0 Å². The van der Waals surface area contributed by atoms with E-state index in [1.54, 1.807) is 20.0 Å². The van der Waals surface area contributed by atoms with Gasteiger partial charge in [0.1, 0.15) is 0 Å². The van der Waals surface area contributed by atoms with Crippen molar-refractivity contribution in [1.29, 1.82) is 0 Å². The van der Waals surface area contributed by atoms with Gasteiger partial charge in [0.05, 0.1) is 19.4 Å².